The van der Waals surface area contributed by atoms with Crippen molar-refractivity contribution in [1.29, 1.82) is 0 Å². The Balaban J connectivity index is 1.58. The molecule has 2 atom stereocenters. The van der Waals surface area contributed by atoms with Crippen LogP contribution in [0.15, 0.2) is 36.9 Å². The smallest absolute Gasteiger partial charge is 0.227 e. The fourth-order valence-corrected chi connectivity index (χ4v) is 2.80. The van der Waals surface area contributed by atoms with Gasteiger partial charge >= 0.3 is 0 Å². The largest absolute Gasteiger partial charge is 0.323 e. The molecule has 1 aliphatic heterocycles. The summed E-state index contributed by atoms with van der Waals surface area (Å²) in [4.78, 5) is 16.3. The van der Waals surface area contributed by atoms with Crippen LogP contribution in [0.25, 0.3) is 0 Å². The lowest BCUT2D eigenvalue weighted by Crippen LogP contribution is -2.40. The minimum atomic E-state index is 0.0831. The lowest BCUT2D eigenvalue weighted by molar-refractivity contribution is -0.120. The molecule has 0 spiro atoms. The average molecular weight is 299 g/mol. The highest BCUT2D eigenvalue weighted by Gasteiger charge is 2.24. The molecule has 22 heavy (non-hydrogen) atoms. The van der Waals surface area contributed by atoms with Crippen LogP contribution < -0.4 is 10.6 Å². The van der Waals surface area contributed by atoms with Crippen LogP contribution in [0, 0.1) is 5.92 Å². The SMILES string of the molecule is C[C@H]1C[C@@H](C(=O)Nc2cnn(Cc3ccncc3)c2)CCN1. The second-order valence-electron chi connectivity index (χ2n) is 5.85. The van der Waals surface area contributed by atoms with Crippen molar-refractivity contribution in [1.82, 2.24) is 20.1 Å². The molecule has 0 bridgehead atoms. The summed E-state index contributed by atoms with van der Waals surface area (Å²) < 4.78 is 1.82. The number of carbonyl (C=O) groups is 1. The number of carbonyl (C=O) groups excluding carboxylic acids is 1. The third-order valence-corrected chi connectivity index (χ3v) is 3.99. The van der Waals surface area contributed by atoms with Gasteiger partial charge in [-0.1, -0.05) is 0 Å². The van der Waals surface area contributed by atoms with Crippen molar-refractivity contribution < 1.29 is 4.79 Å². The van der Waals surface area contributed by atoms with Crippen molar-refractivity contribution in [2.75, 3.05) is 11.9 Å². The maximum Gasteiger partial charge on any atom is 0.227 e. The fraction of sp³-hybridized carbons (Fsp3) is 0.438. The van der Waals surface area contributed by atoms with Crippen molar-refractivity contribution in [2.45, 2.75) is 32.4 Å². The number of anilines is 1. The molecule has 2 aromatic heterocycles. The molecule has 2 N–H and O–H groups in total. The van der Waals surface area contributed by atoms with Crippen molar-refractivity contribution >= 4 is 11.6 Å². The molecular weight excluding hydrogens is 278 g/mol. The molecule has 1 aliphatic rings. The van der Waals surface area contributed by atoms with Gasteiger partial charge in [0, 0.05) is 30.6 Å². The number of nitrogens with one attached hydrogen (secondary N) is 2. The number of aromatic nitrogens is 3. The molecule has 0 aliphatic carbocycles. The molecule has 3 heterocycles. The summed E-state index contributed by atoms with van der Waals surface area (Å²) in [6, 6.07) is 4.31. The number of rotatable bonds is 4. The summed E-state index contributed by atoms with van der Waals surface area (Å²) in [5.41, 5.74) is 1.88. The van der Waals surface area contributed by atoms with Crippen molar-refractivity contribution in [3.05, 3.63) is 42.5 Å². The predicted octanol–water partition coefficient (Wildman–Crippen LogP) is 1.65. The first-order valence-corrected chi connectivity index (χ1v) is 7.66. The van der Waals surface area contributed by atoms with E-state index in [1.54, 1.807) is 18.6 Å². The molecule has 0 radical (unpaired) electrons. The van der Waals surface area contributed by atoms with E-state index in [1.807, 2.05) is 23.0 Å². The zero-order valence-electron chi connectivity index (χ0n) is 12.7. The number of amides is 1. The van der Waals surface area contributed by atoms with Crippen LogP contribution in [0.4, 0.5) is 5.69 Å². The van der Waals surface area contributed by atoms with Crippen LogP contribution >= 0.6 is 0 Å². The summed E-state index contributed by atoms with van der Waals surface area (Å²) in [5.74, 6) is 0.177. The maximum absolute atomic E-state index is 12.3. The molecule has 0 aromatic carbocycles. The van der Waals surface area contributed by atoms with E-state index < -0.39 is 0 Å². The number of pyridine rings is 1. The molecule has 6 nitrogen and oxygen atoms in total. The summed E-state index contributed by atoms with van der Waals surface area (Å²) in [6.07, 6.45) is 8.87. The van der Waals surface area contributed by atoms with Gasteiger partial charge in [0.25, 0.3) is 0 Å². The number of hydrogen-bond donors (Lipinski definition) is 2. The Morgan fingerprint density at radius 3 is 3.05 bits per heavy atom. The monoisotopic (exact) mass is 299 g/mol. The quantitative estimate of drug-likeness (QED) is 0.900. The van der Waals surface area contributed by atoms with E-state index in [1.165, 1.54) is 0 Å². The van der Waals surface area contributed by atoms with Crippen molar-refractivity contribution in [3.63, 3.8) is 0 Å². The van der Waals surface area contributed by atoms with E-state index in [-0.39, 0.29) is 11.8 Å². The molecule has 3 rings (SSSR count). The Bertz CT molecular complexity index is 624. The molecular formula is C16H21N5O. The second-order valence-corrected chi connectivity index (χ2v) is 5.85. The van der Waals surface area contributed by atoms with Crippen LogP contribution in [0.5, 0.6) is 0 Å². The summed E-state index contributed by atoms with van der Waals surface area (Å²) in [6.45, 7) is 3.69. The van der Waals surface area contributed by atoms with Gasteiger partial charge in [-0.25, -0.2) is 0 Å². The zero-order valence-corrected chi connectivity index (χ0v) is 12.7. The van der Waals surface area contributed by atoms with Gasteiger partial charge < -0.3 is 10.6 Å². The molecule has 116 valence electrons. The molecule has 0 unspecified atom stereocenters. The predicted molar refractivity (Wildman–Crippen MR) is 84.4 cm³/mol. The van der Waals surface area contributed by atoms with Gasteiger partial charge in [-0.2, -0.15) is 5.10 Å². The Hall–Kier alpha value is -2.21. The number of nitrogens with zero attached hydrogens (tertiary/aromatic N) is 3. The van der Waals surface area contributed by atoms with Gasteiger partial charge in [-0.15, -0.1) is 0 Å². The zero-order chi connectivity index (χ0) is 15.4. The van der Waals surface area contributed by atoms with Gasteiger partial charge in [-0.05, 0) is 44.0 Å². The van der Waals surface area contributed by atoms with Crippen molar-refractivity contribution in [3.8, 4) is 0 Å². The Kier molecular flexibility index (Phi) is 4.48. The van der Waals surface area contributed by atoms with E-state index in [9.17, 15) is 4.79 Å². The lowest BCUT2D eigenvalue weighted by atomic mass is 9.92. The third kappa shape index (κ3) is 3.71. The highest BCUT2D eigenvalue weighted by atomic mass is 16.1. The first-order valence-electron chi connectivity index (χ1n) is 7.66. The van der Waals surface area contributed by atoms with E-state index in [4.69, 9.17) is 0 Å². The van der Waals surface area contributed by atoms with Gasteiger partial charge in [0.05, 0.1) is 18.4 Å². The average Bonchev–Trinajstić information content (AvgIpc) is 2.95. The highest BCUT2D eigenvalue weighted by molar-refractivity contribution is 5.92. The normalized spacial score (nSPS) is 21.5. The first-order chi connectivity index (χ1) is 10.7. The minimum Gasteiger partial charge on any atom is -0.323 e. The Morgan fingerprint density at radius 2 is 2.27 bits per heavy atom. The fourth-order valence-electron chi connectivity index (χ4n) is 2.80. The van der Waals surface area contributed by atoms with Gasteiger partial charge in [-0.3, -0.25) is 14.5 Å². The summed E-state index contributed by atoms with van der Waals surface area (Å²) in [7, 11) is 0. The van der Waals surface area contributed by atoms with Crippen LogP contribution in [0.2, 0.25) is 0 Å². The third-order valence-electron chi connectivity index (χ3n) is 3.99. The van der Waals surface area contributed by atoms with E-state index in [0.717, 1.165) is 30.6 Å². The Morgan fingerprint density at radius 1 is 1.45 bits per heavy atom. The molecule has 6 heteroatoms. The number of piperidine rings is 1. The van der Waals surface area contributed by atoms with Crippen molar-refractivity contribution in [2.24, 2.45) is 5.92 Å². The molecule has 1 amide bonds. The van der Waals surface area contributed by atoms with E-state index in [0.29, 0.717) is 12.6 Å². The Labute approximate surface area is 129 Å². The molecule has 0 saturated carbocycles. The van der Waals surface area contributed by atoms with E-state index in [2.05, 4.69) is 27.6 Å². The van der Waals surface area contributed by atoms with Crippen LogP contribution in [-0.2, 0) is 11.3 Å². The van der Waals surface area contributed by atoms with Crippen LogP contribution in [0.3, 0.4) is 0 Å². The second kappa shape index (κ2) is 6.70. The standard InChI is InChI=1S/C16H21N5O/c1-12-8-14(4-7-18-12)16(22)20-15-9-19-21(11-15)10-13-2-5-17-6-3-13/h2-3,5-6,9,11-12,14,18H,4,7-8,10H2,1H3,(H,20,22)/t12-,14-/m0/s1. The van der Waals surface area contributed by atoms with Crippen LogP contribution in [0.1, 0.15) is 25.3 Å². The lowest BCUT2D eigenvalue weighted by Gasteiger charge is -2.26. The van der Waals surface area contributed by atoms with Gasteiger partial charge in [0.1, 0.15) is 0 Å². The molecule has 1 saturated heterocycles. The first kappa shape index (κ1) is 14.7. The van der Waals surface area contributed by atoms with Crippen LogP contribution in [-0.4, -0.2) is 33.3 Å². The van der Waals surface area contributed by atoms with Gasteiger partial charge in [0.15, 0.2) is 0 Å². The van der Waals surface area contributed by atoms with E-state index >= 15 is 0 Å². The molecule has 1 fully saturated rings. The summed E-state index contributed by atoms with van der Waals surface area (Å²) in [5, 5.41) is 10.6. The highest BCUT2D eigenvalue weighted by Crippen LogP contribution is 2.18. The minimum absolute atomic E-state index is 0.0831. The topological polar surface area (TPSA) is 71.8 Å². The molecule has 2 aromatic rings. The summed E-state index contributed by atoms with van der Waals surface area (Å²) >= 11 is 0. The number of hydrogen-bond acceptors (Lipinski definition) is 4. The van der Waals surface area contributed by atoms with Gasteiger partial charge in [0.2, 0.25) is 5.91 Å². The maximum atomic E-state index is 12.3.